The third kappa shape index (κ3) is 8.23. The summed E-state index contributed by atoms with van der Waals surface area (Å²) in [6.07, 6.45) is 0. The van der Waals surface area contributed by atoms with Crippen molar-refractivity contribution in [3.05, 3.63) is 32.0 Å². The van der Waals surface area contributed by atoms with Gasteiger partial charge in [0.15, 0.2) is 13.2 Å². The van der Waals surface area contributed by atoms with Gasteiger partial charge >= 0.3 is 5.97 Å². The third-order valence-electron chi connectivity index (χ3n) is 1.06. The number of carbonyl (C=O) groups is 1. The fourth-order valence-corrected chi connectivity index (χ4v) is 0.589. The summed E-state index contributed by atoms with van der Waals surface area (Å²) < 4.78 is 13.7. The van der Waals surface area contributed by atoms with Gasteiger partial charge in [-0.25, -0.2) is 4.42 Å². The summed E-state index contributed by atoms with van der Waals surface area (Å²) in [6, 6.07) is 0. The van der Waals surface area contributed by atoms with Crippen molar-refractivity contribution in [2.45, 2.75) is 0 Å². The average Bonchev–Trinajstić information content (AvgIpc) is 2.08. The number of ketones is 1. The van der Waals surface area contributed by atoms with Crippen LogP contribution in [0.4, 0.5) is 0 Å². The third-order valence-corrected chi connectivity index (χ3v) is 1.06. The maximum atomic E-state index is 10.5. The maximum absolute atomic E-state index is 10.5. The molecule has 2 N–H and O–H groups in total. The lowest BCUT2D eigenvalue weighted by Crippen LogP contribution is -2.19. The van der Waals surface area contributed by atoms with Crippen molar-refractivity contribution >= 4 is 11.8 Å². The quantitative estimate of drug-likeness (QED) is 0.384. The van der Waals surface area contributed by atoms with Gasteiger partial charge in [0.2, 0.25) is 0 Å². The van der Waals surface area contributed by atoms with E-state index in [1.807, 2.05) is 0 Å². The minimum absolute atomic E-state index is 0.0143. The summed E-state index contributed by atoms with van der Waals surface area (Å²) in [5.41, 5.74) is 0. The number of carbonyl (C=O) groups excluding carboxylic acids is 2. The zero-order valence-corrected chi connectivity index (χ0v) is 8.06. The second kappa shape index (κ2) is 6.36. The SMILES string of the molecule is C=C(O)OCC(COC(=C)O)=[O+]C([CH2+])=O. The van der Waals surface area contributed by atoms with Gasteiger partial charge in [0.1, 0.15) is 4.79 Å². The second-order valence-corrected chi connectivity index (χ2v) is 2.38. The minimum Gasteiger partial charge on any atom is -0.481 e. The summed E-state index contributed by atoms with van der Waals surface area (Å²) in [7, 11) is 0. The van der Waals surface area contributed by atoms with E-state index in [0.717, 1.165) is 0 Å². The molecule has 6 heteroatoms. The Labute approximate surface area is 86.7 Å². The van der Waals surface area contributed by atoms with Crippen LogP contribution in [-0.4, -0.2) is 35.2 Å². The summed E-state index contributed by atoms with van der Waals surface area (Å²) in [6.45, 7) is 8.59. The van der Waals surface area contributed by atoms with Crippen LogP contribution >= 0.6 is 0 Å². The Morgan fingerprint density at radius 3 is 1.87 bits per heavy atom. The normalized spacial score (nSPS) is 8.80. The lowest BCUT2D eigenvalue weighted by atomic mass is 10.4. The Bertz CT molecular complexity index is 271. The molecule has 0 fully saturated rings. The van der Waals surface area contributed by atoms with Gasteiger partial charge in [-0.2, -0.15) is 0 Å². The standard InChI is InChI=1S/C9H10O6/c1-6(10)13-4-9(15-8(3)12)5-14-7(2)11/h1-5H2/p+2. The molecule has 0 spiro atoms. The van der Waals surface area contributed by atoms with E-state index < -0.39 is 17.9 Å². The van der Waals surface area contributed by atoms with Gasteiger partial charge in [-0.05, 0) is 13.2 Å². The number of ether oxygens (including phenoxy) is 2. The number of rotatable bonds is 6. The Morgan fingerprint density at radius 1 is 1.20 bits per heavy atom. The van der Waals surface area contributed by atoms with E-state index in [1.165, 1.54) is 0 Å². The Morgan fingerprint density at radius 2 is 1.60 bits per heavy atom. The van der Waals surface area contributed by atoms with Crippen LogP contribution in [0.5, 0.6) is 0 Å². The van der Waals surface area contributed by atoms with E-state index in [4.69, 9.17) is 10.2 Å². The van der Waals surface area contributed by atoms with E-state index >= 15 is 0 Å². The molecule has 0 rings (SSSR count). The van der Waals surface area contributed by atoms with E-state index in [-0.39, 0.29) is 19.0 Å². The molecule has 0 radical (unpaired) electrons. The summed E-state index contributed by atoms with van der Waals surface area (Å²) >= 11 is 0. The minimum atomic E-state index is -0.815. The van der Waals surface area contributed by atoms with Crippen molar-refractivity contribution in [2.75, 3.05) is 13.2 Å². The van der Waals surface area contributed by atoms with Crippen molar-refractivity contribution in [2.24, 2.45) is 0 Å². The molecular weight excluding hydrogens is 204 g/mol. The highest BCUT2D eigenvalue weighted by atomic mass is 16.6. The molecule has 0 aliphatic carbocycles. The van der Waals surface area contributed by atoms with Crippen LogP contribution in [0.3, 0.4) is 0 Å². The highest BCUT2D eigenvalue weighted by Crippen LogP contribution is 1.92. The fraction of sp³-hybridized carbons (Fsp3) is 0.222. The Kier molecular flexibility index (Phi) is 5.47. The van der Waals surface area contributed by atoms with Gasteiger partial charge < -0.3 is 19.7 Å². The van der Waals surface area contributed by atoms with Gasteiger partial charge in [0.05, 0.1) is 0 Å². The fourth-order valence-electron chi connectivity index (χ4n) is 0.589. The molecule has 0 aromatic carbocycles. The maximum Gasteiger partial charge on any atom is 0.758 e. The molecular formula is C9H12O6+2. The zero-order chi connectivity index (χ0) is 11.8. The van der Waals surface area contributed by atoms with Gasteiger partial charge in [-0.3, -0.25) is 0 Å². The van der Waals surface area contributed by atoms with Gasteiger partial charge in [0, 0.05) is 0 Å². The molecule has 0 aromatic heterocycles. The van der Waals surface area contributed by atoms with E-state index in [1.54, 1.807) is 0 Å². The molecule has 0 aliphatic heterocycles. The Hall–Kier alpha value is -2.11. The predicted octanol–water partition coefficient (Wildman–Crippen LogP) is 0.543. The predicted molar refractivity (Wildman–Crippen MR) is 50.8 cm³/mol. The first kappa shape index (κ1) is 12.9. The van der Waals surface area contributed by atoms with Crippen LogP contribution in [0.25, 0.3) is 0 Å². The van der Waals surface area contributed by atoms with Crippen molar-refractivity contribution in [3.8, 4) is 0 Å². The van der Waals surface area contributed by atoms with Crippen LogP contribution in [0.2, 0.25) is 0 Å². The van der Waals surface area contributed by atoms with Crippen LogP contribution < -0.4 is 0 Å². The first-order valence-corrected chi connectivity index (χ1v) is 3.81. The highest BCUT2D eigenvalue weighted by Gasteiger charge is 2.19. The van der Waals surface area contributed by atoms with Gasteiger partial charge in [-0.1, -0.05) is 0 Å². The molecule has 0 saturated carbocycles. The molecule has 0 unspecified atom stereocenters. The lowest BCUT2D eigenvalue weighted by molar-refractivity contribution is -0.375. The van der Waals surface area contributed by atoms with Crippen molar-refractivity contribution in [1.29, 1.82) is 0 Å². The number of aliphatic hydroxyl groups excluding tert-OH is 2. The highest BCUT2D eigenvalue weighted by molar-refractivity contribution is 5.86. The van der Waals surface area contributed by atoms with E-state index in [9.17, 15) is 4.79 Å². The molecule has 0 heterocycles. The molecule has 82 valence electrons. The number of aliphatic hydroxyl groups is 2. The van der Waals surface area contributed by atoms with Crippen molar-refractivity contribution < 1.29 is 28.9 Å². The molecule has 0 saturated heterocycles. The molecule has 0 bridgehead atoms. The van der Waals surface area contributed by atoms with Crippen LogP contribution in [0.15, 0.2) is 25.0 Å². The molecule has 15 heavy (non-hydrogen) atoms. The largest absolute Gasteiger partial charge is 0.758 e. The average molecular weight is 216 g/mol. The Balaban J connectivity index is 4.25. The van der Waals surface area contributed by atoms with Crippen LogP contribution in [0, 0.1) is 6.92 Å². The van der Waals surface area contributed by atoms with Crippen LogP contribution in [0.1, 0.15) is 0 Å². The topological polar surface area (TPSA) is 87.3 Å². The number of hydrogen-bond donors (Lipinski definition) is 2. The molecule has 6 nitrogen and oxygen atoms in total. The van der Waals surface area contributed by atoms with Gasteiger partial charge in [0.25, 0.3) is 24.6 Å². The molecule has 0 amide bonds. The first-order chi connectivity index (χ1) is 6.91. The van der Waals surface area contributed by atoms with Crippen molar-refractivity contribution in [3.63, 3.8) is 0 Å². The summed E-state index contributed by atoms with van der Waals surface area (Å²) in [5.74, 6) is -1.87. The monoisotopic (exact) mass is 216 g/mol. The summed E-state index contributed by atoms with van der Waals surface area (Å²) in [5, 5.41) is 17.2. The van der Waals surface area contributed by atoms with Gasteiger partial charge in [-0.15, -0.1) is 0 Å². The smallest absolute Gasteiger partial charge is 0.481 e. The molecule has 0 aliphatic rings. The second-order valence-electron chi connectivity index (χ2n) is 2.38. The summed E-state index contributed by atoms with van der Waals surface area (Å²) in [4.78, 5) is 10.5. The van der Waals surface area contributed by atoms with E-state index in [0.29, 0.717) is 0 Å². The number of hydrogen-bond acceptors (Lipinski definition) is 5. The molecule has 0 atom stereocenters. The van der Waals surface area contributed by atoms with E-state index in [2.05, 4.69) is 34.0 Å². The van der Waals surface area contributed by atoms with Crippen molar-refractivity contribution in [1.82, 2.24) is 0 Å². The lowest BCUT2D eigenvalue weighted by Gasteiger charge is -2.03. The molecule has 0 aromatic rings. The first-order valence-electron chi connectivity index (χ1n) is 3.81. The van der Waals surface area contributed by atoms with Crippen LogP contribution in [-0.2, 0) is 18.7 Å². The zero-order valence-electron chi connectivity index (χ0n) is 8.06.